The van der Waals surface area contributed by atoms with Gasteiger partial charge in [-0.3, -0.25) is 9.36 Å². The number of anilines is 1. The van der Waals surface area contributed by atoms with Gasteiger partial charge in [0.25, 0.3) is 5.56 Å². The maximum absolute atomic E-state index is 14.9. The first-order valence-corrected chi connectivity index (χ1v) is 12.4. The van der Waals surface area contributed by atoms with Crippen molar-refractivity contribution in [1.82, 2.24) is 14.5 Å². The number of alkyl halides is 2. The number of fused-ring (bicyclic) bond motifs is 1. The second-order valence-corrected chi connectivity index (χ2v) is 10.5. The standard InChI is InChI=1S/C23H20F3N5O3S.H2S/c1-13(15-4-3-5-18(19(15)24)23(25,26)11-27)30-20-17-10-16(14-6-8-35(33,34)9-7-14)22(32)31(2)21(17)29-12-28-20;/h3-6,10,12-13H,7-9H2,1-2H3,(H,28,29,30);1H2. The highest BCUT2D eigenvalue weighted by Crippen LogP contribution is 2.34. The van der Waals surface area contributed by atoms with Crippen LogP contribution < -0.4 is 10.9 Å². The zero-order chi connectivity index (χ0) is 25.5. The average molecular weight is 538 g/mol. The molecule has 1 aromatic carbocycles. The Morgan fingerprint density at radius 2 is 2.00 bits per heavy atom. The molecule has 0 amide bonds. The summed E-state index contributed by atoms with van der Waals surface area (Å²) in [7, 11) is -1.68. The molecule has 1 aliphatic heterocycles. The molecule has 1 unspecified atom stereocenters. The van der Waals surface area contributed by atoms with E-state index < -0.39 is 33.2 Å². The highest BCUT2D eigenvalue weighted by molar-refractivity contribution is 7.91. The first-order valence-electron chi connectivity index (χ1n) is 10.5. The molecule has 3 heterocycles. The van der Waals surface area contributed by atoms with E-state index in [-0.39, 0.29) is 54.0 Å². The number of aryl methyl sites for hydroxylation is 1. The third-order valence-electron chi connectivity index (χ3n) is 5.94. The number of benzene rings is 1. The molecule has 3 aromatic rings. The van der Waals surface area contributed by atoms with E-state index in [1.807, 2.05) is 0 Å². The highest BCUT2D eigenvalue weighted by Gasteiger charge is 2.35. The van der Waals surface area contributed by atoms with Crippen molar-refractivity contribution in [3.8, 4) is 6.07 Å². The van der Waals surface area contributed by atoms with Crippen LogP contribution in [0.4, 0.5) is 19.0 Å². The summed E-state index contributed by atoms with van der Waals surface area (Å²) in [6.45, 7) is 1.54. The minimum absolute atomic E-state index is 0. The molecule has 0 spiro atoms. The molecular weight excluding hydrogens is 515 g/mol. The SMILES string of the molecule is CC(Nc1ncnc2c1cc(C1=CCS(=O)(=O)CC1)c(=O)n2C)c1cccc(C(F)(F)C#N)c1F.S. The Kier molecular flexibility index (Phi) is 7.52. The van der Waals surface area contributed by atoms with E-state index in [0.717, 1.165) is 12.1 Å². The lowest BCUT2D eigenvalue weighted by Gasteiger charge is -2.20. The smallest absolute Gasteiger partial charge is 0.360 e. The Morgan fingerprint density at radius 1 is 1.28 bits per heavy atom. The van der Waals surface area contributed by atoms with Crippen LogP contribution in [0.3, 0.4) is 0 Å². The summed E-state index contributed by atoms with van der Waals surface area (Å²) < 4.78 is 67.5. The summed E-state index contributed by atoms with van der Waals surface area (Å²) in [5, 5.41) is 12.1. The number of pyridine rings is 1. The van der Waals surface area contributed by atoms with E-state index >= 15 is 0 Å². The van der Waals surface area contributed by atoms with Crippen molar-refractivity contribution in [2.24, 2.45) is 7.05 Å². The largest absolute Gasteiger partial charge is 0.363 e. The van der Waals surface area contributed by atoms with Crippen molar-refractivity contribution in [3.63, 3.8) is 0 Å². The fraction of sp³-hybridized carbons (Fsp3) is 0.304. The number of sulfone groups is 1. The summed E-state index contributed by atoms with van der Waals surface area (Å²) in [6.07, 6.45) is 2.90. The fourth-order valence-electron chi connectivity index (χ4n) is 4.01. The quantitative estimate of drug-likeness (QED) is 0.529. The van der Waals surface area contributed by atoms with E-state index in [0.29, 0.717) is 16.5 Å². The first kappa shape index (κ1) is 27.2. The van der Waals surface area contributed by atoms with Gasteiger partial charge in [-0.2, -0.15) is 27.5 Å². The summed E-state index contributed by atoms with van der Waals surface area (Å²) in [4.78, 5) is 21.3. The van der Waals surface area contributed by atoms with Gasteiger partial charge >= 0.3 is 5.92 Å². The molecule has 36 heavy (non-hydrogen) atoms. The summed E-state index contributed by atoms with van der Waals surface area (Å²) >= 11 is 0. The Hall–Kier alpha value is -3.37. The van der Waals surface area contributed by atoms with Crippen LogP contribution in [0.5, 0.6) is 0 Å². The second-order valence-electron chi connectivity index (χ2n) is 8.24. The molecule has 1 N–H and O–H groups in total. The van der Waals surface area contributed by atoms with E-state index in [4.69, 9.17) is 5.26 Å². The predicted molar refractivity (Wildman–Crippen MR) is 134 cm³/mol. The molecule has 0 radical (unpaired) electrons. The molecule has 2 aromatic heterocycles. The molecule has 0 saturated carbocycles. The van der Waals surface area contributed by atoms with Gasteiger partial charge in [-0.15, -0.1) is 0 Å². The van der Waals surface area contributed by atoms with E-state index in [2.05, 4.69) is 15.3 Å². The number of hydrogen-bond donors (Lipinski definition) is 1. The molecule has 4 rings (SSSR count). The van der Waals surface area contributed by atoms with Gasteiger partial charge < -0.3 is 5.32 Å². The normalized spacial score (nSPS) is 15.9. The Bertz CT molecular complexity index is 1580. The van der Waals surface area contributed by atoms with Crippen LogP contribution in [0.25, 0.3) is 16.6 Å². The molecule has 0 saturated heterocycles. The van der Waals surface area contributed by atoms with Crippen LogP contribution >= 0.6 is 13.5 Å². The number of aromatic nitrogens is 3. The summed E-state index contributed by atoms with van der Waals surface area (Å²) in [5.41, 5.74) is -0.335. The van der Waals surface area contributed by atoms with Crippen molar-refractivity contribution >= 4 is 45.8 Å². The van der Waals surface area contributed by atoms with E-state index in [1.54, 1.807) is 6.07 Å². The minimum Gasteiger partial charge on any atom is -0.363 e. The van der Waals surface area contributed by atoms with Crippen molar-refractivity contribution < 1.29 is 21.6 Å². The van der Waals surface area contributed by atoms with Crippen LogP contribution in [0.2, 0.25) is 0 Å². The van der Waals surface area contributed by atoms with Crippen molar-refractivity contribution in [2.75, 3.05) is 16.8 Å². The van der Waals surface area contributed by atoms with Crippen molar-refractivity contribution in [1.29, 1.82) is 5.26 Å². The lowest BCUT2D eigenvalue weighted by atomic mass is 10.00. The number of rotatable bonds is 5. The molecule has 0 bridgehead atoms. The molecule has 0 aliphatic carbocycles. The van der Waals surface area contributed by atoms with Crippen LogP contribution in [-0.2, 0) is 22.8 Å². The monoisotopic (exact) mass is 537 g/mol. The molecule has 13 heteroatoms. The fourth-order valence-corrected chi connectivity index (χ4v) is 5.16. The molecule has 1 atom stereocenters. The lowest BCUT2D eigenvalue weighted by Crippen LogP contribution is -2.24. The average Bonchev–Trinajstić information content (AvgIpc) is 2.82. The van der Waals surface area contributed by atoms with Gasteiger partial charge in [-0.05, 0) is 31.1 Å². The van der Waals surface area contributed by atoms with Crippen molar-refractivity contribution in [2.45, 2.75) is 25.3 Å². The second kappa shape index (κ2) is 9.94. The predicted octanol–water partition coefficient (Wildman–Crippen LogP) is 3.57. The number of hydrogen-bond acceptors (Lipinski definition) is 7. The number of nitriles is 1. The van der Waals surface area contributed by atoms with Crippen LogP contribution in [-0.4, -0.2) is 34.5 Å². The molecule has 0 fully saturated rings. The van der Waals surface area contributed by atoms with Crippen molar-refractivity contribution in [3.05, 3.63) is 69.5 Å². The topological polar surface area (TPSA) is 118 Å². The van der Waals surface area contributed by atoms with Gasteiger partial charge in [-0.1, -0.05) is 18.2 Å². The van der Waals surface area contributed by atoms with Gasteiger partial charge in [-0.25, -0.2) is 22.8 Å². The van der Waals surface area contributed by atoms with Crippen LogP contribution in [0.15, 0.2) is 41.5 Å². The van der Waals surface area contributed by atoms with Gasteiger partial charge in [0.05, 0.1) is 28.5 Å². The van der Waals surface area contributed by atoms with Gasteiger partial charge in [0.15, 0.2) is 9.84 Å². The summed E-state index contributed by atoms with van der Waals surface area (Å²) in [5.74, 6) is -5.22. The minimum atomic E-state index is -3.99. The number of nitrogens with zero attached hydrogens (tertiary/aromatic N) is 4. The molecule has 1 aliphatic rings. The van der Waals surface area contributed by atoms with Crippen LogP contribution in [0.1, 0.15) is 36.1 Å². The molecule has 8 nitrogen and oxygen atoms in total. The highest BCUT2D eigenvalue weighted by atomic mass is 32.2. The van der Waals surface area contributed by atoms with Gasteiger partial charge in [0.2, 0.25) is 0 Å². The Balaban J connectivity index is 0.00000361. The first-order chi connectivity index (χ1) is 16.4. The maximum Gasteiger partial charge on any atom is 0.360 e. The Labute approximate surface area is 211 Å². The zero-order valence-electron chi connectivity index (χ0n) is 19.2. The number of halogens is 3. The Morgan fingerprint density at radius 3 is 2.64 bits per heavy atom. The lowest BCUT2D eigenvalue weighted by molar-refractivity contribution is 0.0569. The zero-order valence-corrected chi connectivity index (χ0v) is 21.0. The maximum atomic E-state index is 14.9. The summed E-state index contributed by atoms with van der Waals surface area (Å²) in [6, 6.07) is 4.92. The van der Waals surface area contributed by atoms with E-state index in [1.165, 1.54) is 43.1 Å². The van der Waals surface area contributed by atoms with Gasteiger partial charge in [0.1, 0.15) is 29.7 Å². The van der Waals surface area contributed by atoms with Crippen LogP contribution in [0, 0.1) is 17.1 Å². The van der Waals surface area contributed by atoms with Gasteiger partial charge in [0, 0.05) is 18.2 Å². The third kappa shape index (κ3) is 4.96. The number of nitrogens with one attached hydrogen (secondary N) is 1. The molecule has 190 valence electrons. The third-order valence-corrected chi connectivity index (χ3v) is 7.44. The number of allylic oxidation sites excluding steroid dienone is 1. The van der Waals surface area contributed by atoms with E-state index in [9.17, 15) is 26.4 Å². The molecular formula is C23H22F3N5O3S2.